The summed E-state index contributed by atoms with van der Waals surface area (Å²) in [6.45, 7) is 2.16. The smallest absolute Gasteiger partial charge is 0.0299 e. The maximum absolute atomic E-state index is 4.17. The van der Waals surface area contributed by atoms with Crippen LogP contribution in [0.1, 0.15) is 42.4 Å². The second-order valence-corrected chi connectivity index (χ2v) is 7.06. The lowest BCUT2D eigenvalue weighted by Gasteiger charge is -2.09. The van der Waals surface area contributed by atoms with E-state index in [1.807, 2.05) is 18.5 Å². The Bertz CT molecular complexity index is 769. The van der Waals surface area contributed by atoms with Gasteiger partial charge in [0.15, 0.2) is 0 Å². The minimum Gasteiger partial charge on any atom is -0.317 e. The molecule has 0 fully saturated rings. The van der Waals surface area contributed by atoms with Crippen molar-refractivity contribution in [3.8, 4) is 0 Å². The molecule has 28 heavy (non-hydrogen) atoms. The molecule has 2 heteroatoms. The predicted molar refractivity (Wildman–Crippen MR) is 119 cm³/mol. The van der Waals surface area contributed by atoms with Crippen molar-refractivity contribution in [3.63, 3.8) is 0 Å². The van der Waals surface area contributed by atoms with E-state index < -0.39 is 0 Å². The van der Waals surface area contributed by atoms with Gasteiger partial charge >= 0.3 is 0 Å². The number of benzene rings is 2. The number of aromatic nitrogens is 1. The minimum atomic E-state index is 1.07. The first-order chi connectivity index (χ1) is 13.9. The van der Waals surface area contributed by atoms with Gasteiger partial charge in [-0.25, -0.2) is 0 Å². The summed E-state index contributed by atoms with van der Waals surface area (Å²) in [5.41, 5.74) is 5.24. The summed E-state index contributed by atoms with van der Waals surface area (Å²) in [7, 11) is 0. The van der Waals surface area contributed by atoms with Crippen LogP contribution in [-0.4, -0.2) is 18.1 Å². The van der Waals surface area contributed by atoms with E-state index in [1.165, 1.54) is 35.1 Å². The summed E-state index contributed by atoms with van der Waals surface area (Å²) in [6, 6.07) is 25.5. The number of aryl methyl sites for hydroxylation is 1. The van der Waals surface area contributed by atoms with Crippen molar-refractivity contribution in [2.75, 3.05) is 13.1 Å². The van der Waals surface area contributed by atoms with Crippen molar-refractivity contribution >= 4 is 5.57 Å². The molecule has 1 aromatic heterocycles. The number of hydrogen-bond acceptors (Lipinski definition) is 2. The van der Waals surface area contributed by atoms with Crippen LogP contribution in [0.4, 0.5) is 0 Å². The van der Waals surface area contributed by atoms with Crippen molar-refractivity contribution in [1.29, 1.82) is 0 Å². The molecule has 0 aliphatic carbocycles. The Morgan fingerprint density at radius 2 is 1.43 bits per heavy atom. The third-order valence-electron chi connectivity index (χ3n) is 4.87. The molecule has 0 saturated carbocycles. The molecule has 2 nitrogen and oxygen atoms in total. The monoisotopic (exact) mass is 370 g/mol. The molecule has 0 saturated heterocycles. The van der Waals surface area contributed by atoms with Gasteiger partial charge in [0.05, 0.1) is 0 Å². The lowest BCUT2D eigenvalue weighted by atomic mass is 9.96. The van der Waals surface area contributed by atoms with Gasteiger partial charge in [-0.05, 0) is 73.5 Å². The quantitative estimate of drug-likeness (QED) is 0.425. The van der Waals surface area contributed by atoms with Crippen LogP contribution >= 0.6 is 0 Å². The maximum atomic E-state index is 4.17. The summed E-state index contributed by atoms with van der Waals surface area (Å²) in [5, 5.41) is 3.58. The molecular weight excluding hydrogens is 340 g/mol. The molecule has 0 bridgehead atoms. The van der Waals surface area contributed by atoms with E-state index in [9.17, 15) is 0 Å². The summed E-state index contributed by atoms with van der Waals surface area (Å²) in [4.78, 5) is 4.17. The molecule has 2 aromatic carbocycles. The van der Waals surface area contributed by atoms with Crippen molar-refractivity contribution in [2.45, 2.75) is 32.1 Å². The van der Waals surface area contributed by atoms with Crippen LogP contribution in [0.3, 0.4) is 0 Å². The molecule has 0 radical (unpaired) electrons. The topological polar surface area (TPSA) is 24.9 Å². The maximum Gasteiger partial charge on any atom is 0.0299 e. The second-order valence-electron chi connectivity index (χ2n) is 7.06. The van der Waals surface area contributed by atoms with Crippen molar-refractivity contribution < 1.29 is 0 Å². The highest BCUT2D eigenvalue weighted by molar-refractivity contribution is 5.79. The van der Waals surface area contributed by atoms with Crippen LogP contribution in [0.25, 0.3) is 5.57 Å². The van der Waals surface area contributed by atoms with Gasteiger partial charge in [0.2, 0.25) is 0 Å². The molecule has 0 amide bonds. The Hall–Kier alpha value is -2.71. The largest absolute Gasteiger partial charge is 0.317 e. The zero-order chi connectivity index (χ0) is 19.3. The number of allylic oxidation sites excluding steroid dienone is 1. The fraction of sp³-hybridized carbons (Fsp3) is 0.269. The van der Waals surface area contributed by atoms with E-state index in [0.717, 1.165) is 32.4 Å². The van der Waals surface area contributed by atoms with Crippen molar-refractivity contribution in [2.24, 2.45) is 0 Å². The summed E-state index contributed by atoms with van der Waals surface area (Å²) >= 11 is 0. The summed E-state index contributed by atoms with van der Waals surface area (Å²) < 4.78 is 0. The van der Waals surface area contributed by atoms with Crippen molar-refractivity contribution in [3.05, 3.63) is 108 Å². The first-order valence-electron chi connectivity index (χ1n) is 10.3. The molecular formula is C26H30N2. The zero-order valence-electron chi connectivity index (χ0n) is 16.6. The van der Waals surface area contributed by atoms with Gasteiger partial charge in [-0.3, -0.25) is 4.98 Å². The molecule has 0 spiro atoms. The van der Waals surface area contributed by atoms with E-state index in [2.05, 4.69) is 83.1 Å². The first-order valence-corrected chi connectivity index (χ1v) is 10.3. The molecule has 0 unspecified atom stereocenters. The zero-order valence-corrected chi connectivity index (χ0v) is 16.6. The van der Waals surface area contributed by atoms with Gasteiger partial charge in [0.1, 0.15) is 0 Å². The number of nitrogens with zero attached hydrogens (tertiary/aromatic N) is 1. The fourth-order valence-corrected chi connectivity index (χ4v) is 3.36. The van der Waals surface area contributed by atoms with Crippen LogP contribution < -0.4 is 5.32 Å². The Balaban J connectivity index is 1.38. The normalized spacial score (nSPS) is 10.6. The Morgan fingerprint density at radius 3 is 2.07 bits per heavy atom. The van der Waals surface area contributed by atoms with Gasteiger partial charge in [0.25, 0.3) is 0 Å². The van der Waals surface area contributed by atoms with Gasteiger partial charge in [-0.2, -0.15) is 0 Å². The number of nitrogens with one attached hydrogen (secondary N) is 1. The molecule has 3 aromatic rings. The third-order valence-corrected chi connectivity index (χ3v) is 4.87. The number of hydrogen-bond donors (Lipinski definition) is 1. The van der Waals surface area contributed by atoms with E-state index in [1.54, 1.807) is 0 Å². The standard InChI is InChI=1S/C26H30N2/c1-3-14-24(15-4-1)26(25-16-5-2-6-17-25)18-8-10-20-27-19-9-7-12-23-13-11-21-28-22-23/h1-6,11,13-18,21-22,27H,7-10,12,19-20H2. The SMILES string of the molecule is C(CCCNCCCCc1cccnc1)=C(c1ccccc1)c1ccccc1. The highest BCUT2D eigenvalue weighted by atomic mass is 14.8. The average Bonchev–Trinajstić information content (AvgIpc) is 2.77. The highest BCUT2D eigenvalue weighted by Gasteiger charge is 2.03. The Kier molecular flexibility index (Phi) is 8.51. The van der Waals surface area contributed by atoms with Crippen LogP contribution in [-0.2, 0) is 6.42 Å². The van der Waals surface area contributed by atoms with Gasteiger partial charge < -0.3 is 5.32 Å². The van der Waals surface area contributed by atoms with E-state index >= 15 is 0 Å². The lowest BCUT2D eigenvalue weighted by molar-refractivity contribution is 0.606. The van der Waals surface area contributed by atoms with Crippen LogP contribution in [0.2, 0.25) is 0 Å². The Labute approximate surface area is 169 Å². The molecule has 3 rings (SSSR count). The fourth-order valence-electron chi connectivity index (χ4n) is 3.36. The van der Waals surface area contributed by atoms with E-state index in [-0.39, 0.29) is 0 Å². The molecule has 0 aliphatic rings. The van der Waals surface area contributed by atoms with Gasteiger partial charge in [-0.15, -0.1) is 0 Å². The number of pyridine rings is 1. The second kappa shape index (κ2) is 11.9. The van der Waals surface area contributed by atoms with Gasteiger partial charge in [0, 0.05) is 12.4 Å². The predicted octanol–water partition coefficient (Wildman–Crippen LogP) is 5.91. The lowest BCUT2D eigenvalue weighted by Crippen LogP contribution is -2.16. The molecule has 1 heterocycles. The molecule has 1 N–H and O–H groups in total. The number of rotatable bonds is 11. The molecule has 144 valence electrons. The Morgan fingerprint density at radius 1 is 0.750 bits per heavy atom. The average molecular weight is 371 g/mol. The minimum absolute atomic E-state index is 1.07. The molecule has 0 atom stereocenters. The van der Waals surface area contributed by atoms with E-state index in [0.29, 0.717) is 0 Å². The highest BCUT2D eigenvalue weighted by Crippen LogP contribution is 2.23. The van der Waals surface area contributed by atoms with Crippen LogP contribution in [0.5, 0.6) is 0 Å². The van der Waals surface area contributed by atoms with Crippen molar-refractivity contribution in [1.82, 2.24) is 10.3 Å². The summed E-state index contributed by atoms with van der Waals surface area (Å²) in [6.07, 6.45) is 12.0. The van der Waals surface area contributed by atoms with Gasteiger partial charge in [-0.1, -0.05) is 72.8 Å². The molecule has 0 aliphatic heterocycles. The first kappa shape index (κ1) is 20.0. The van der Waals surface area contributed by atoms with E-state index in [4.69, 9.17) is 0 Å². The third kappa shape index (κ3) is 6.79. The van der Waals surface area contributed by atoms with Crippen LogP contribution in [0, 0.1) is 0 Å². The number of unbranched alkanes of at least 4 members (excludes halogenated alkanes) is 2. The van der Waals surface area contributed by atoms with Crippen LogP contribution in [0.15, 0.2) is 91.3 Å². The summed E-state index contributed by atoms with van der Waals surface area (Å²) in [5.74, 6) is 0.